The van der Waals surface area contributed by atoms with Gasteiger partial charge in [0.1, 0.15) is 24.3 Å². The zero-order valence-electron chi connectivity index (χ0n) is 20.4. The SMILES string of the molecule is COC(=O)C(Cc1ccccc1)NC(=O)[C@H](CC(=O)OC(C)(C)C)NC(=O)OCc1ccccc1. The van der Waals surface area contributed by atoms with Crippen LogP contribution in [0.3, 0.4) is 0 Å². The molecule has 9 heteroatoms. The number of ether oxygens (including phenoxy) is 3. The van der Waals surface area contributed by atoms with Crippen molar-refractivity contribution in [1.29, 1.82) is 0 Å². The Morgan fingerprint density at radius 3 is 1.94 bits per heavy atom. The third-order valence-corrected chi connectivity index (χ3v) is 4.70. The highest BCUT2D eigenvalue weighted by atomic mass is 16.6. The number of methoxy groups -OCH3 is 1. The average Bonchev–Trinajstić information content (AvgIpc) is 2.81. The van der Waals surface area contributed by atoms with Gasteiger partial charge in [-0.25, -0.2) is 9.59 Å². The van der Waals surface area contributed by atoms with Gasteiger partial charge in [-0.1, -0.05) is 60.7 Å². The molecule has 2 aromatic carbocycles. The molecule has 0 aliphatic heterocycles. The molecular weight excluding hydrogens is 452 g/mol. The summed E-state index contributed by atoms with van der Waals surface area (Å²) in [4.78, 5) is 50.2. The van der Waals surface area contributed by atoms with Crippen molar-refractivity contribution in [3.63, 3.8) is 0 Å². The standard InChI is InChI=1S/C26H32N2O7/c1-26(2,3)35-22(29)16-20(28-25(32)34-17-19-13-9-6-10-14-19)23(30)27-21(24(31)33-4)15-18-11-7-5-8-12-18/h5-14,20-21H,15-17H2,1-4H3,(H,27,30)(H,28,32)/t20-,21?/m0/s1. The van der Waals surface area contributed by atoms with Crippen molar-refractivity contribution in [3.8, 4) is 0 Å². The van der Waals surface area contributed by atoms with Gasteiger partial charge in [-0.05, 0) is 31.9 Å². The minimum atomic E-state index is -1.34. The van der Waals surface area contributed by atoms with Gasteiger partial charge in [0.2, 0.25) is 5.91 Å². The average molecular weight is 485 g/mol. The van der Waals surface area contributed by atoms with Crippen LogP contribution in [-0.4, -0.2) is 48.7 Å². The Kier molecular flexibility index (Phi) is 10.3. The van der Waals surface area contributed by atoms with Crippen LogP contribution in [0.15, 0.2) is 60.7 Å². The molecule has 2 aromatic rings. The molecule has 0 aliphatic rings. The molecule has 0 aliphatic carbocycles. The monoisotopic (exact) mass is 484 g/mol. The first-order valence-electron chi connectivity index (χ1n) is 11.2. The Balaban J connectivity index is 2.12. The van der Waals surface area contributed by atoms with E-state index in [1.54, 1.807) is 69.3 Å². The predicted molar refractivity (Wildman–Crippen MR) is 128 cm³/mol. The van der Waals surface area contributed by atoms with E-state index >= 15 is 0 Å². The van der Waals surface area contributed by atoms with Crippen LogP contribution in [0.25, 0.3) is 0 Å². The topological polar surface area (TPSA) is 120 Å². The largest absolute Gasteiger partial charge is 0.467 e. The lowest BCUT2D eigenvalue weighted by atomic mass is 10.0. The fourth-order valence-corrected chi connectivity index (χ4v) is 3.12. The van der Waals surface area contributed by atoms with Crippen LogP contribution in [0.2, 0.25) is 0 Å². The van der Waals surface area contributed by atoms with Crippen molar-refractivity contribution < 1.29 is 33.4 Å². The van der Waals surface area contributed by atoms with E-state index in [0.717, 1.165) is 11.1 Å². The number of rotatable bonds is 10. The number of alkyl carbamates (subject to hydrolysis) is 1. The van der Waals surface area contributed by atoms with Gasteiger partial charge < -0.3 is 24.8 Å². The summed E-state index contributed by atoms with van der Waals surface area (Å²) in [5.74, 6) is -2.11. The van der Waals surface area contributed by atoms with Gasteiger partial charge in [-0.2, -0.15) is 0 Å². The number of carbonyl (C=O) groups is 4. The molecule has 2 atom stereocenters. The van der Waals surface area contributed by atoms with Crippen molar-refractivity contribution in [3.05, 3.63) is 71.8 Å². The normalized spacial score (nSPS) is 12.6. The lowest BCUT2D eigenvalue weighted by Crippen LogP contribution is -2.53. The molecule has 0 heterocycles. The molecule has 2 N–H and O–H groups in total. The number of nitrogens with one attached hydrogen (secondary N) is 2. The van der Waals surface area contributed by atoms with Crippen molar-refractivity contribution in [2.24, 2.45) is 0 Å². The number of carbonyl (C=O) groups excluding carboxylic acids is 4. The van der Waals surface area contributed by atoms with Gasteiger partial charge in [0, 0.05) is 6.42 Å². The first-order chi connectivity index (χ1) is 16.6. The van der Waals surface area contributed by atoms with E-state index in [9.17, 15) is 19.2 Å². The van der Waals surface area contributed by atoms with Gasteiger partial charge in [0.05, 0.1) is 13.5 Å². The quantitative estimate of drug-likeness (QED) is 0.393. The van der Waals surface area contributed by atoms with Crippen molar-refractivity contribution in [2.75, 3.05) is 7.11 Å². The molecule has 0 spiro atoms. The molecule has 35 heavy (non-hydrogen) atoms. The van der Waals surface area contributed by atoms with Crippen molar-refractivity contribution in [2.45, 2.75) is 57.9 Å². The van der Waals surface area contributed by atoms with E-state index in [4.69, 9.17) is 14.2 Å². The Morgan fingerprint density at radius 1 is 0.829 bits per heavy atom. The molecule has 2 rings (SSSR count). The van der Waals surface area contributed by atoms with Crippen LogP contribution in [0, 0.1) is 0 Å². The number of hydrogen-bond donors (Lipinski definition) is 2. The summed E-state index contributed by atoms with van der Waals surface area (Å²) in [6, 6.07) is 15.7. The van der Waals surface area contributed by atoms with Gasteiger partial charge in [0.15, 0.2) is 0 Å². The predicted octanol–water partition coefficient (Wildman–Crippen LogP) is 2.91. The smallest absolute Gasteiger partial charge is 0.408 e. The van der Waals surface area contributed by atoms with Crippen LogP contribution in [0.4, 0.5) is 4.79 Å². The number of hydrogen-bond acceptors (Lipinski definition) is 7. The van der Waals surface area contributed by atoms with E-state index < -0.39 is 48.0 Å². The summed E-state index contributed by atoms with van der Waals surface area (Å²) in [5.41, 5.74) is 0.764. The third-order valence-electron chi connectivity index (χ3n) is 4.70. The van der Waals surface area contributed by atoms with Gasteiger partial charge in [-0.15, -0.1) is 0 Å². The lowest BCUT2D eigenvalue weighted by molar-refractivity contribution is -0.156. The Morgan fingerprint density at radius 2 is 1.40 bits per heavy atom. The molecule has 0 fully saturated rings. The summed E-state index contributed by atoms with van der Waals surface area (Å²) in [6.07, 6.45) is -1.19. The molecule has 0 saturated heterocycles. The maximum atomic E-state index is 13.1. The second kappa shape index (κ2) is 13.1. The molecule has 0 saturated carbocycles. The van der Waals surface area contributed by atoms with Crippen molar-refractivity contribution in [1.82, 2.24) is 10.6 Å². The maximum absolute atomic E-state index is 13.1. The maximum Gasteiger partial charge on any atom is 0.408 e. The van der Waals surface area contributed by atoms with Crippen LogP contribution < -0.4 is 10.6 Å². The van der Waals surface area contributed by atoms with E-state index in [0.29, 0.717) is 0 Å². The summed E-state index contributed by atoms with van der Waals surface area (Å²) in [6.45, 7) is 5.05. The van der Waals surface area contributed by atoms with Crippen LogP contribution in [-0.2, 0) is 41.6 Å². The van der Waals surface area contributed by atoms with E-state index in [1.807, 2.05) is 12.1 Å². The van der Waals surface area contributed by atoms with Gasteiger partial charge in [-0.3, -0.25) is 9.59 Å². The minimum Gasteiger partial charge on any atom is -0.467 e. The summed E-state index contributed by atoms with van der Waals surface area (Å²) in [7, 11) is 1.21. The summed E-state index contributed by atoms with van der Waals surface area (Å²) >= 11 is 0. The first-order valence-corrected chi connectivity index (χ1v) is 11.2. The molecule has 9 nitrogen and oxygen atoms in total. The highest BCUT2D eigenvalue weighted by Crippen LogP contribution is 2.11. The van der Waals surface area contributed by atoms with Gasteiger partial charge >= 0.3 is 18.0 Å². The molecule has 188 valence electrons. The third kappa shape index (κ3) is 10.3. The fraction of sp³-hybridized carbons (Fsp3) is 0.385. The number of benzene rings is 2. The molecule has 0 radical (unpaired) electrons. The first kappa shape index (κ1) is 27.4. The van der Waals surface area contributed by atoms with Crippen LogP contribution in [0.1, 0.15) is 38.3 Å². The molecule has 1 unspecified atom stereocenters. The zero-order chi connectivity index (χ0) is 25.8. The highest BCUT2D eigenvalue weighted by molar-refractivity contribution is 5.92. The molecule has 0 aromatic heterocycles. The zero-order valence-corrected chi connectivity index (χ0v) is 20.4. The van der Waals surface area contributed by atoms with Crippen LogP contribution in [0.5, 0.6) is 0 Å². The molecule has 0 bridgehead atoms. The van der Waals surface area contributed by atoms with Gasteiger partial charge in [0.25, 0.3) is 0 Å². The van der Waals surface area contributed by atoms with Crippen LogP contribution >= 0.6 is 0 Å². The number of esters is 2. The molecule has 2 amide bonds. The van der Waals surface area contributed by atoms with E-state index in [-0.39, 0.29) is 13.0 Å². The lowest BCUT2D eigenvalue weighted by Gasteiger charge is -2.24. The fourth-order valence-electron chi connectivity index (χ4n) is 3.12. The second-order valence-electron chi connectivity index (χ2n) is 8.82. The van der Waals surface area contributed by atoms with Crippen molar-refractivity contribution >= 4 is 23.9 Å². The van der Waals surface area contributed by atoms with E-state index in [1.165, 1.54) is 7.11 Å². The molecular formula is C26H32N2O7. The second-order valence-corrected chi connectivity index (χ2v) is 8.82. The number of amides is 2. The Labute approximate surface area is 205 Å². The van der Waals surface area contributed by atoms with E-state index in [2.05, 4.69) is 10.6 Å². The summed E-state index contributed by atoms with van der Waals surface area (Å²) < 4.78 is 15.3. The highest BCUT2D eigenvalue weighted by Gasteiger charge is 2.31. The Hall–Kier alpha value is -3.88. The minimum absolute atomic E-state index is 0.0216. The Bertz CT molecular complexity index is 988. The summed E-state index contributed by atoms with van der Waals surface area (Å²) in [5, 5.41) is 4.98.